The van der Waals surface area contributed by atoms with Crippen LogP contribution in [0.2, 0.25) is 0 Å². The minimum absolute atomic E-state index is 0.0525. The van der Waals surface area contributed by atoms with Crippen LogP contribution in [0.4, 0.5) is 4.79 Å². The summed E-state index contributed by atoms with van der Waals surface area (Å²) in [4.78, 5) is 67.7. The molecule has 264 valence electrons. The van der Waals surface area contributed by atoms with E-state index in [4.69, 9.17) is 20.9 Å². The predicted octanol–water partition coefficient (Wildman–Crippen LogP) is 3.65. The summed E-state index contributed by atoms with van der Waals surface area (Å²) in [6, 6.07) is 13.8. The first kappa shape index (κ1) is 38.2. The smallest absolute Gasteiger partial charge is 0.407 e. The number of nitrogens with one attached hydrogen (secondary N) is 2. The van der Waals surface area contributed by atoms with Crippen LogP contribution < -0.4 is 22.1 Å². The van der Waals surface area contributed by atoms with Gasteiger partial charge in [0.15, 0.2) is 11.7 Å². The molecule has 0 spiro atoms. The fourth-order valence-electron chi connectivity index (χ4n) is 5.83. The second kappa shape index (κ2) is 19.0. The SMILES string of the molecule is CCOC(=O)/C=C/[C@H](CC(=O)O)NC(=O)[C@H](CC(=O)[C@H](CCCN=C(N)N)NC(=O)OCC1c2ccccc2-c2ccccc21)C(C)CC. The standard InChI is InChI=1S/C36H47N5O8/c1-4-22(3)28(34(46)40-23(19-32(43)44)16-17-33(45)48-5-2)20-31(42)30(15-10-18-39-35(37)38)41-36(47)49-21-29-26-13-8-6-11-24(26)25-12-7-9-14-27(25)29/h6-9,11-14,16-17,22-23,28-30H,4-5,10,15,18-21H2,1-3H3,(H,40,46)(H,41,47)(H,43,44)(H4,37,38,39)/b17-16+/t22?,23-,28-,30+/m1/s1. The fraction of sp³-hybridized carbons (Fsp3) is 0.444. The first-order valence-electron chi connectivity index (χ1n) is 16.5. The van der Waals surface area contributed by atoms with Crippen LogP contribution in [0.3, 0.4) is 0 Å². The number of hydrogen-bond donors (Lipinski definition) is 5. The quantitative estimate of drug-likeness (QED) is 0.0479. The number of hydrogen-bond acceptors (Lipinski definition) is 8. The molecule has 4 atom stereocenters. The molecule has 0 fully saturated rings. The Labute approximate surface area is 286 Å². The Morgan fingerprint density at radius 2 is 1.57 bits per heavy atom. The lowest BCUT2D eigenvalue weighted by atomic mass is 9.84. The first-order chi connectivity index (χ1) is 23.4. The number of Topliss-reactive ketones (excluding diaryl/α,β-unsaturated/α-hetero) is 1. The van der Waals surface area contributed by atoms with Crippen LogP contribution in [0.15, 0.2) is 65.7 Å². The zero-order valence-corrected chi connectivity index (χ0v) is 28.2. The summed E-state index contributed by atoms with van der Waals surface area (Å²) < 4.78 is 10.5. The number of ether oxygens (including phenoxy) is 2. The van der Waals surface area contributed by atoms with E-state index < -0.39 is 54.1 Å². The van der Waals surface area contributed by atoms with Crippen molar-refractivity contribution in [3.05, 3.63) is 71.8 Å². The van der Waals surface area contributed by atoms with Gasteiger partial charge in [0.25, 0.3) is 0 Å². The summed E-state index contributed by atoms with van der Waals surface area (Å²) in [5.41, 5.74) is 15.1. The van der Waals surface area contributed by atoms with Gasteiger partial charge in [-0.1, -0.05) is 74.9 Å². The fourth-order valence-corrected chi connectivity index (χ4v) is 5.83. The van der Waals surface area contributed by atoms with Gasteiger partial charge in [0.1, 0.15) is 6.61 Å². The molecule has 7 N–H and O–H groups in total. The molecule has 3 rings (SSSR count). The van der Waals surface area contributed by atoms with Crippen molar-refractivity contribution in [1.29, 1.82) is 0 Å². The third-order valence-corrected chi connectivity index (χ3v) is 8.53. The molecule has 2 aromatic rings. The van der Waals surface area contributed by atoms with E-state index in [1.165, 1.54) is 6.08 Å². The third-order valence-electron chi connectivity index (χ3n) is 8.53. The monoisotopic (exact) mass is 677 g/mol. The van der Waals surface area contributed by atoms with Crippen molar-refractivity contribution in [2.75, 3.05) is 19.8 Å². The van der Waals surface area contributed by atoms with Crippen molar-refractivity contribution >= 4 is 35.7 Å². The van der Waals surface area contributed by atoms with Crippen LogP contribution in [0.1, 0.15) is 69.9 Å². The van der Waals surface area contributed by atoms with Gasteiger partial charge in [0.05, 0.1) is 25.1 Å². The molecule has 13 nitrogen and oxygen atoms in total. The van der Waals surface area contributed by atoms with E-state index in [1.54, 1.807) is 6.92 Å². The number of carboxylic acids is 1. The molecule has 49 heavy (non-hydrogen) atoms. The number of fused-ring (bicyclic) bond motifs is 3. The first-order valence-corrected chi connectivity index (χ1v) is 16.5. The molecule has 0 bridgehead atoms. The number of benzene rings is 2. The average molecular weight is 678 g/mol. The Kier molecular flexibility index (Phi) is 14.8. The highest BCUT2D eigenvalue weighted by Crippen LogP contribution is 2.44. The van der Waals surface area contributed by atoms with Gasteiger partial charge in [-0.3, -0.25) is 19.4 Å². The maximum Gasteiger partial charge on any atom is 0.407 e. The lowest BCUT2D eigenvalue weighted by Crippen LogP contribution is -2.46. The van der Waals surface area contributed by atoms with E-state index >= 15 is 0 Å². The summed E-state index contributed by atoms with van der Waals surface area (Å²) in [6.45, 7) is 5.72. The van der Waals surface area contributed by atoms with Crippen LogP contribution in [0.25, 0.3) is 11.1 Å². The number of esters is 1. The van der Waals surface area contributed by atoms with Crippen molar-refractivity contribution in [2.45, 2.75) is 70.9 Å². The zero-order chi connectivity index (χ0) is 35.9. The number of aliphatic carboxylic acids is 1. The Balaban J connectivity index is 1.74. The molecule has 0 aliphatic heterocycles. The highest BCUT2D eigenvalue weighted by atomic mass is 16.5. The van der Waals surface area contributed by atoms with Crippen LogP contribution in [0.5, 0.6) is 0 Å². The minimum atomic E-state index is -1.19. The van der Waals surface area contributed by atoms with Crippen LogP contribution in [-0.2, 0) is 28.7 Å². The van der Waals surface area contributed by atoms with E-state index in [9.17, 15) is 29.1 Å². The number of aliphatic imine (C=N–C) groups is 1. The molecule has 0 saturated heterocycles. The van der Waals surface area contributed by atoms with E-state index in [0.29, 0.717) is 12.8 Å². The van der Waals surface area contributed by atoms with Crippen molar-refractivity contribution in [1.82, 2.24) is 10.6 Å². The average Bonchev–Trinajstić information content (AvgIpc) is 3.39. The van der Waals surface area contributed by atoms with Crippen LogP contribution in [0, 0.1) is 11.8 Å². The summed E-state index contributed by atoms with van der Waals surface area (Å²) in [5, 5.41) is 14.7. The van der Waals surface area contributed by atoms with E-state index in [0.717, 1.165) is 28.3 Å². The van der Waals surface area contributed by atoms with Gasteiger partial charge in [-0.2, -0.15) is 0 Å². The molecular weight excluding hydrogens is 630 g/mol. The van der Waals surface area contributed by atoms with Crippen molar-refractivity contribution in [3.63, 3.8) is 0 Å². The number of nitrogens with zero attached hydrogens (tertiary/aromatic N) is 1. The lowest BCUT2D eigenvalue weighted by molar-refractivity contribution is -0.139. The van der Waals surface area contributed by atoms with Gasteiger partial charge in [-0.25, -0.2) is 9.59 Å². The number of carbonyl (C=O) groups is 5. The van der Waals surface area contributed by atoms with Gasteiger partial charge >= 0.3 is 18.0 Å². The molecule has 0 radical (unpaired) electrons. The van der Waals surface area contributed by atoms with Gasteiger partial charge in [-0.15, -0.1) is 0 Å². The normalized spacial score (nSPS) is 14.4. The van der Waals surface area contributed by atoms with Crippen LogP contribution >= 0.6 is 0 Å². The Bertz CT molecular complexity index is 1490. The predicted molar refractivity (Wildman–Crippen MR) is 184 cm³/mol. The number of rotatable bonds is 19. The van der Waals surface area contributed by atoms with E-state index in [-0.39, 0.29) is 50.4 Å². The number of alkyl carbamates (subject to hydrolysis) is 1. The van der Waals surface area contributed by atoms with Crippen molar-refractivity contribution in [2.24, 2.45) is 28.3 Å². The molecule has 2 aromatic carbocycles. The van der Waals surface area contributed by atoms with Gasteiger partial charge in [-0.05, 0) is 47.9 Å². The second-order valence-electron chi connectivity index (χ2n) is 12.0. The molecule has 0 heterocycles. The van der Waals surface area contributed by atoms with Gasteiger partial charge in [0.2, 0.25) is 5.91 Å². The number of carboxylic acid groups (broad SMARTS) is 1. The molecule has 13 heteroatoms. The lowest BCUT2D eigenvalue weighted by Gasteiger charge is -2.26. The molecule has 0 saturated carbocycles. The maximum atomic E-state index is 13.8. The summed E-state index contributed by atoms with van der Waals surface area (Å²) in [6.07, 6.45) is 1.89. The number of guanidine groups is 1. The molecule has 0 aromatic heterocycles. The molecule has 1 aliphatic rings. The van der Waals surface area contributed by atoms with Crippen molar-refractivity contribution < 1.29 is 38.6 Å². The highest BCUT2D eigenvalue weighted by molar-refractivity contribution is 5.92. The van der Waals surface area contributed by atoms with Gasteiger partial charge < -0.3 is 36.7 Å². The number of carbonyl (C=O) groups excluding carboxylic acids is 4. The molecular formula is C36H47N5O8. The van der Waals surface area contributed by atoms with Crippen molar-refractivity contribution in [3.8, 4) is 11.1 Å². The maximum absolute atomic E-state index is 13.8. The zero-order valence-electron chi connectivity index (χ0n) is 28.2. The van der Waals surface area contributed by atoms with Gasteiger partial charge in [0, 0.05) is 30.9 Å². The Hall–Kier alpha value is -5.20. The number of nitrogens with two attached hydrogens (primary N) is 2. The number of ketones is 1. The van der Waals surface area contributed by atoms with Crippen LogP contribution in [-0.4, -0.2) is 72.6 Å². The Morgan fingerprint density at radius 3 is 2.14 bits per heavy atom. The largest absolute Gasteiger partial charge is 0.481 e. The Morgan fingerprint density at radius 1 is 0.939 bits per heavy atom. The van der Waals surface area contributed by atoms with E-state index in [1.807, 2.05) is 62.4 Å². The molecule has 1 aliphatic carbocycles. The minimum Gasteiger partial charge on any atom is -0.481 e. The summed E-state index contributed by atoms with van der Waals surface area (Å²) >= 11 is 0. The van der Waals surface area contributed by atoms with E-state index in [2.05, 4.69) is 15.6 Å². The molecule has 1 unspecified atom stereocenters. The summed E-state index contributed by atoms with van der Waals surface area (Å²) in [5.74, 6) is -4.24. The number of amides is 2. The topological polar surface area (TPSA) is 212 Å². The summed E-state index contributed by atoms with van der Waals surface area (Å²) in [7, 11) is 0. The third kappa shape index (κ3) is 11.5. The highest BCUT2D eigenvalue weighted by Gasteiger charge is 2.33. The molecule has 2 amide bonds. The second-order valence-corrected chi connectivity index (χ2v) is 12.0.